The van der Waals surface area contributed by atoms with Crippen molar-refractivity contribution in [3.8, 4) is 0 Å². The molecule has 2 saturated heterocycles. The number of amides is 1. The SMILES string of the molecule is CC1CN(C(=O)CN2CC(CN)CCC2C)CC(C)O1. The van der Waals surface area contributed by atoms with Gasteiger partial charge in [-0.1, -0.05) is 0 Å². The van der Waals surface area contributed by atoms with Gasteiger partial charge in [-0.2, -0.15) is 0 Å². The van der Waals surface area contributed by atoms with Gasteiger partial charge in [0.05, 0.1) is 18.8 Å². The fourth-order valence-electron chi connectivity index (χ4n) is 3.33. The third kappa shape index (κ3) is 3.93. The number of carbonyl (C=O) groups is 1. The Hall–Kier alpha value is -0.650. The Bertz CT molecular complexity index is 327. The summed E-state index contributed by atoms with van der Waals surface area (Å²) in [5.41, 5.74) is 5.78. The fourth-order valence-corrected chi connectivity index (χ4v) is 3.33. The lowest BCUT2D eigenvalue weighted by Crippen LogP contribution is -2.53. The third-order valence-corrected chi connectivity index (χ3v) is 4.55. The van der Waals surface area contributed by atoms with Gasteiger partial charge in [0.1, 0.15) is 0 Å². The maximum absolute atomic E-state index is 12.5. The Balaban J connectivity index is 1.89. The average molecular weight is 283 g/mol. The van der Waals surface area contributed by atoms with Gasteiger partial charge in [-0.25, -0.2) is 0 Å². The molecule has 2 rings (SSSR count). The van der Waals surface area contributed by atoms with Gasteiger partial charge in [-0.15, -0.1) is 0 Å². The molecule has 2 aliphatic heterocycles. The van der Waals surface area contributed by atoms with Gasteiger partial charge in [0.15, 0.2) is 0 Å². The van der Waals surface area contributed by atoms with Crippen LogP contribution in [-0.2, 0) is 9.53 Å². The van der Waals surface area contributed by atoms with Crippen LogP contribution in [0.5, 0.6) is 0 Å². The minimum atomic E-state index is 0.137. The van der Waals surface area contributed by atoms with Gasteiger partial charge < -0.3 is 15.4 Å². The van der Waals surface area contributed by atoms with Crippen LogP contribution in [0.15, 0.2) is 0 Å². The maximum atomic E-state index is 12.5. The van der Waals surface area contributed by atoms with E-state index in [2.05, 4.69) is 11.8 Å². The van der Waals surface area contributed by atoms with Crippen molar-refractivity contribution in [2.45, 2.75) is 51.9 Å². The predicted octanol–water partition coefficient (Wildman–Crippen LogP) is 0.681. The van der Waals surface area contributed by atoms with Crippen LogP contribution in [0.1, 0.15) is 33.6 Å². The normalized spacial score (nSPS) is 36.1. The summed E-state index contributed by atoms with van der Waals surface area (Å²) in [6, 6.07) is 0.484. The minimum absolute atomic E-state index is 0.137. The molecule has 0 aromatic heterocycles. The third-order valence-electron chi connectivity index (χ3n) is 4.55. The molecule has 116 valence electrons. The molecule has 2 heterocycles. The summed E-state index contributed by atoms with van der Waals surface area (Å²) in [4.78, 5) is 16.8. The Morgan fingerprint density at radius 2 is 1.80 bits per heavy atom. The first kappa shape index (κ1) is 15.7. The van der Waals surface area contributed by atoms with Crippen molar-refractivity contribution in [1.29, 1.82) is 0 Å². The van der Waals surface area contributed by atoms with Gasteiger partial charge in [-0.05, 0) is 46.1 Å². The number of hydrogen-bond donors (Lipinski definition) is 1. The number of hydrogen-bond acceptors (Lipinski definition) is 4. The van der Waals surface area contributed by atoms with Gasteiger partial charge >= 0.3 is 0 Å². The molecular formula is C15H29N3O2. The zero-order valence-electron chi connectivity index (χ0n) is 13.0. The largest absolute Gasteiger partial charge is 0.372 e. The number of rotatable bonds is 3. The van der Waals surface area contributed by atoms with E-state index in [4.69, 9.17) is 10.5 Å². The lowest BCUT2D eigenvalue weighted by molar-refractivity contribution is -0.145. The fraction of sp³-hybridized carbons (Fsp3) is 0.933. The van der Waals surface area contributed by atoms with Crippen LogP contribution in [-0.4, -0.2) is 66.7 Å². The van der Waals surface area contributed by atoms with Gasteiger partial charge in [0.2, 0.25) is 5.91 Å². The Morgan fingerprint density at radius 1 is 1.15 bits per heavy atom. The highest BCUT2D eigenvalue weighted by atomic mass is 16.5. The van der Waals surface area contributed by atoms with E-state index < -0.39 is 0 Å². The molecular weight excluding hydrogens is 254 g/mol. The smallest absolute Gasteiger partial charge is 0.236 e. The van der Waals surface area contributed by atoms with Crippen molar-refractivity contribution in [2.75, 3.05) is 32.7 Å². The molecule has 0 saturated carbocycles. The first-order valence-corrected chi connectivity index (χ1v) is 7.87. The second-order valence-electron chi connectivity index (χ2n) is 6.51. The number of nitrogens with zero attached hydrogens (tertiary/aromatic N) is 2. The molecule has 0 radical (unpaired) electrons. The number of piperidine rings is 1. The van der Waals surface area contributed by atoms with E-state index >= 15 is 0 Å². The van der Waals surface area contributed by atoms with Crippen LogP contribution in [0.4, 0.5) is 0 Å². The van der Waals surface area contributed by atoms with Crippen LogP contribution in [0.3, 0.4) is 0 Å². The van der Waals surface area contributed by atoms with Crippen molar-refractivity contribution in [1.82, 2.24) is 9.80 Å². The summed E-state index contributed by atoms with van der Waals surface area (Å²) < 4.78 is 5.69. The summed E-state index contributed by atoms with van der Waals surface area (Å²) in [5, 5.41) is 0. The van der Waals surface area contributed by atoms with Crippen molar-refractivity contribution in [3.05, 3.63) is 0 Å². The van der Waals surface area contributed by atoms with Crippen LogP contribution < -0.4 is 5.73 Å². The second-order valence-corrected chi connectivity index (χ2v) is 6.51. The van der Waals surface area contributed by atoms with Crippen molar-refractivity contribution < 1.29 is 9.53 Å². The van der Waals surface area contributed by atoms with Crippen LogP contribution >= 0.6 is 0 Å². The lowest BCUT2D eigenvalue weighted by Gasteiger charge is -2.40. The molecule has 1 amide bonds. The quantitative estimate of drug-likeness (QED) is 0.827. The van der Waals surface area contributed by atoms with E-state index in [0.29, 0.717) is 31.6 Å². The average Bonchev–Trinajstić information content (AvgIpc) is 2.40. The van der Waals surface area contributed by atoms with Crippen LogP contribution in [0.25, 0.3) is 0 Å². The topological polar surface area (TPSA) is 58.8 Å². The molecule has 0 spiro atoms. The Labute approximate surface area is 122 Å². The molecule has 5 heteroatoms. The zero-order valence-corrected chi connectivity index (χ0v) is 13.0. The summed E-state index contributed by atoms with van der Waals surface area (Å²) in [7, 11) is 0. The van der Waals surface area contributed by atoms with E-state index in [1.807, 2.05) is 18.7 Å². The number of likely N-dealkylation sites (tertiary alicyclic amines) is 1. The van der Waals surface area contributed by atoms with E-state index in [9.17, 15) is 4.79 Å². The number of carbonyl (C=O) groups excluding carboxylic acids is 1. The zero-order chi connectivity index (χ0) is 14.7. The Kier molecular flexibility index (Phi) is 5.41. The van der Waals surface area contributed by atoms with Gasteiger partial charge in [0.25, 0.3) is 0 Å². The van der Waals surface area contributed by atoms with E-state index in [1.165, 1.54) is 6.42 Å². The summed E-state index contributed by atoms with van der Waals surface area (Å²) in [5.74, 6) is 0.776. The van der Waals surface area contributed by atoms with Gasteiger partial charge in [0, 0.05) is 25.7 Å². The first-order chi connectivity index (χ1) is 9.49. The molecule has 0 bridgehead atoms. The van der Waals surface area contributed by atoms with Crippen LogP contribution in [0.2, 0.25) is 0 Å². The number of nitrogens with two attached hydrogens (primary N) is 1. The number of ether oxygens (including phenoxy) is 1. The van der Waals surface area contributed by atoms with Crippen molar-refractivity contribution in [2.24, 2.45) is 11.7 Å². The second kappa shape index (κ2) is 6.87. The first-order valence-electron chi connectivity index (χ1n) is 7.87. The molecule has 2 aliphatic rings. The minimum Gasteiger partial charge on any atom is -0.372 e. The molecule has 5 nitrogen and oxygen atoms in total. The lowest BCUT2D eigenvalue weighted by atomic mass is 9.93. The highest BCUT2D eigenvalue weighted by Gasteiger charge is 2.30. The highest BCUT2D eigenvalue weighted by molar-refractivity contribution is 5.78. The van der Waals surface area contributed by atoms with Gasteiger partial charge in [-0.3, -0.25) is 9.69 Å². The number of morpholine rings is 1. The van der Waals surface area contributed by atoms with E-state index in [1.54, 1.807) is 0 Å². The van der Waals surface area contributed by atoms with Crippen molar-refractivity contribution >= 4 is 5.91 Å². The van der Waals surface area contributed by atoms with E-state index in [0.717, 1.165) is 19.5 Å². The summed E-state index contributed by atoms with van der Waals surface area (Å²) >= 11 is 0. The van der Waals surface area contributed by atoms with E-state index in [-0.39, 0.29) is 18.1 Å². The molecule has 4 unspecified atom stereocenters. The van der Waals surface area contributed by atoms with Crippen LogP contribution in [0, 0.1) is 5.92 Å². The highest BCUT2D eigenvalue weighted by Crippen LogP contribution is 2.21. The Morgan fingerprint density at radius 3 is 2.40 bits per heavy atom. The van der Waals surface area contributed by atoms with Crippen molar-refractivity contribution in [3.63, 3.8) is 0 Å². The molecule has 0 aliphatic carbocycles. The standard InChI is InChI=1S/C15H29N3O2/c1-11-4-5-14(6-16)9-17(11)10-15(19)18-7-12(2)20-13(3)8-18/h11-14H,4-10,16H2,1-3H3. The predicted molar refractivity (Wildman–Crippen MR) is 79.4 cm³/mol. The molecule has 20 heavy (non-hydrogen) atoms. The summed E-state index contributed by atoms with van der Waals surface area (Å²) in [6.45, 7) is 9.91. The maximum Gasteiger partial charge on any atom is 0.236 e. The molecule has 0 aromatic rings. The monoisotopic (exact) mass is 283 g/mol. The molecule has 2 N–H and O–H groups in total. The molecule has 4 atom stereocenters. The summed E-state index contributed by atoms with van der Waals surface area (Å²) in [6.07, 6.45) is 2.61. The molecule has 2 fully saturated rings. The molecule has 0 aromatic carbocycles.